The second kappa shape index (κ2) is 6.83. The SMILES string of the molecule is CCCN1CCN(CC(O)CC(=O)O)CC1. The van der Waals surface area contributed by atoms with Gasteiger partial charge in [0, 0.05) is 32.7 Å². The summed E-state index contributed by atoms with van der Waals surface area (Å²) >= 11 is 0. The summed E-state index contributed by atoms with van der Waals surface area (Å²) in [6.45, 7) is 7.68. The fraction of sp³-hybridized carbons (Fsp3) is 0.909. The Morgan fingerprint density at radius 3 is 2.31 bits per heavy atom. The van der Waals surface area contributed by atoms with E-state index >= 15 is 0 Å². The van der Waals surface area contributed by atoms with Crippen LogP contribution in [-0.4, -0.2) is 71.4 Å². The first-order chi connectivity index (χ1) is 7.61. The molecule has 0 saturated carbocycles. The molecule has 0 aromatic carbocycles. The molecule has 5 heteroatoms. The van der Waals surface area contributed by atoms with Crippen LogP contribution in [0.15, 0.2) is 0 Å². The third kappa shape index (κ3) is 4.92. The van der Waals surface area contributed by atoms with Gasteiger partial charge in [0.15, 0.2) is 0 Å². The molecule has 0 aromatic heterocycles. The molecular formula is C11H22N2O3. The molecule has 1 heterocycles. The Bertz CT molecular complexity index is 215. The molecule has 1 unspecified atom stereocenters. The zero-order valence-electron chi connectivity index (χ0n) is 9.93. The standard InChI is InChI=1S/C11H22N2O3/c1-2-3-12-4-6-13(7-5-12)9-10(14)8-11(15)16/h10,14H,2-9H2,1H3,(H,15,16). The van der Waals surface area contributed by atoms with Gasteiger partial charge in [0.05, 0.1) is 12.5 Å². The molecule has 16 heavy (non-hydrogen) atoms. The molecular weight excluding hydrogens is 208 g/mol. The van der Waals surface area contributed by atoms with Crippen LogP contribution in [0.3, 0.4) is 0 Å². The Balaban J connectivity index is 2.18. The number of piperazine rings is 1. The number of aliphatic carboxylic acids is 1. The number of carboxylic acid groups (broad SMARTS) is 1. The monoisotopic (exact) mass is 230 g/mol. The third-order valence-electron chi connectivity index (χ3n) is 2.88. The minimum atomic E-state index is -0.933. The lowest BCUT2D eigenvalue weighted by molar-refractivity contribution is -0.139. The molecule has 0 radical (unpaired) electrons. The van der Waals surface area contributed by atoms with Gasteiger partial charge in [-0.15, -0.1) is 0 Å². The van der Waals surface area contributed by atoms with Crippen molar-refractivity contribution in [3.05, 3.63) is 0 Å². The summed E-state index contributed by atoms with van der Waals surface area (Å²) in [4.78, 5) is 14.9. The minimum absolute atomic E-state index is 0.158. The Morgan fingerprint density at radius 2 is 1.81 bits per heavy atom. The highest BCUT2D eigenvalue weighted by molar-refractivity contribution is 5.67. The number of carbonyl (C=O) groups is 1. The van der Waals surface area contributed by atoms with Gasteiger partial charge in [-0.2, -0.15) is 0 Å². The fourth-order valence-electron chi connectivity index (χ4n) is 2.08. The molecule has 0 spiro atoms. The number of aliphatic hydroxyl groups excluding tert-OH is 1. The molecule has 0 aliphatic carbocycles. The van der Waals surface area contributed by atoms with Crippen LogP contribution in [0, 0.1) is 0 Å². The maximum Gasteiger partial charge on any atom is 0.306 e. The minimum Gasteiger partial charge on any atom is -0.481 e. The van der Waals surface area contributed by atoms with Crippen LogP contribution in [0.2, 0.25) is 0 Å². The van der Waals surface area contributed by atoms with Crippen LogP contribution < -0.4 is 0 Å². The van der Waals surface area contributed by atoms with Crippen molar-refractivity contribution in [2.24, 2.45) is 0 Å². The van der Waals surface area contributed by atoms with E-state index in [1.165, 1.54) is 6.42 Å². The van der Waals surface area contributed by atoms with Crippen LogP contribution in [-0.2, 0) is 4.79 Å². The summed E-state index contributed by atoms with van der Waals surface area (Å²) in [7, 11) is 0. The predicted molar refractivity (Wildman–Crippen MR) is 61.4 cm³/mol. The highest BCUT2D eigenvalue weighted by atomic mass is 16.4. The first-order valence-electron chi connectivity index (χ1n) is 5.96. The lowest BCUT2D eigenvalue weighted by atomic mass is 10.2. The van der Waals surface area contributed by atoms with Gasteiger partial charge in [0.1, 0.15) is 0 Å². The van der Waals surface area contributed by atoms with Crippen LogP contribution in [0.1, 0.15) is 19.8 Å². The molecule has 2 N–H and O–H groups in total. The highest BCUT2D eigenvalue weighted by Gasteiger charge is 2.19. The van der Waals surface area contributed by atoms with E-state index in [9.17, 15) is 9.90 Å². The van der Waals surface area contributed by atoms with E-state index in [0.29, 0.717) is 6.54 Å². The summed E-state index contributed by atoms with van der Waals surface area (Å²) in [6, 6.07) is 0. The molecule has 0 aromatic rings. The van der Waals surface area contributed by atoms with Crippen molar-refractivity contribution in [3.63, 3.8) is 0 Å². The van der Waals surface area contributed by atoms with Crippen molar-refractivity contribution in [1.82, 2.24) is 9.80 Å². The number of nitrogens with zero attached hydrogens (tertiary/aromatic N) is 2. The molecule has 5 nitrogen and oxygen atoms in total. The smallest absolute Gasteiger partial charge is 0.306 e. The molecule has 1 rings (SSSR count). The Kier molecular flexibility index (Phi) is 5.73. The molecule has 94 valence electrons. The van der Waals surface area contributed by atoms with Gasteiger partial charge in [-0.05, 0) is 13.0 Å². The molecule has 1 saturated heterocycles. The van der Waals surface area contributed by atoms with E-state index < -0.39 is 12.1 Å². The highest BCUT2D eigenvalue weighted by Crippen LogP contribution is 2.04. The quantitative estimate of drug-likeness (QED) is 0.664. The average molecular weight is 230 g/mol. The van der Waals surface area contributed by atoms with Gasteiger partial charge in [-0.25, -0.2) is 0 Å². The summed E-state index contributed by atoms with van der Waals surface area (Å²) < 4.78 is 0. The lowest BCUT2D eigenvalue weighted by Gasteiger charge is -2.35. The van der Waals surface area contributed by atoms with Gasteiger partial charge in [0.25, 0.3) is 0 Å². The van der Waals surface area contributed by atoms with Gasteiger partial charge in [0.2, 0.25) is 0 Å². The van der Waals surface area contributed by atoms with Crippen molar-refractivity contribution < 1.29 is 15.0 Å². The molecule has 1 fully saturated rings. The van der Waals surface area contributed by atoms with Crippen LogP contribution >= 0.6 is 0 Å². The summed E-state index contributed by atoms with van der Waals surface area (Å²) in [5.41, 5.74) is 0. The zero-order valence-corrected chi connectivity index (χ0v) is 9.93. The molecule has 1 aliphatic rings. The zero-order chi connectivity index (χ0) is 12.0. The summed E-state index contributed by atoms with van der Waals surface area (Å²) in [5.74, 6) is -0.933. The van der Waals surface area contributed by atoms with Gasteiger partial charge >= 0.3 is 5.97 Å². The van der Waals surface area contributed by atoms with Crippen LogP contribution in [0.5, 0.6) is 0 Å². The summed E-state index contributed by atoms with van der Waals surface area (Å²) in [5, 5.41) is 18.0. The molecule has 1 aliphatic heterocycles. The number of β-amino-alcohol motifs (C(OH)–C–C–N with tert-alkyl or cyclic N) is 1. The van der Waals surface area contributed by atoms with Gasteiger partial charge in [-0.1, -0.05) is 6.92 Å². The first kappa shape index (κ1) is 13.4. The molecule has 1 atom stereocenters. The van der Waals surface area contributed by atoms with Crippen LogP contribution in [0.25, 0.3) is 0 Å². The molecule has 0 bridgehead atoms. The Hall–Kier alpha value is -0.650. The van der Waals surface area contributed by atoms with Gasteiger partial charge in [-0.3, -0.25) is 9.69 Å². The number of hydrogen-bond acceptors (Lipinski definition) is 4. The number of rotatable bonds is 6. The lowest BCUT2D eigenvalue weighted by Crippen LogP contribution is -2.48. The normalized spacial score (nSPS) is 20.9. The van der Waals surface area contributed by atoms with Gasteiger partial charge < -0.3 is 15.1 Å². The fourth-order valence-corrected chi connectivity index (χ4v) is 2.08. The summed E-state index contributed by atoms with van der Waals surface area (Å²) in [6.07, 6.45) is 0.270. The topological polar surface area (TPSA) is 64.0 Å². The Labute approximate surface area is 96.7 Å². The third-order valence-corrected chi connectivity index (χ3v) is 2.88. The van der Waals surface area contributed by atoms with E-state index in [0.717, 1.165) is 32.7 Å². The predicted octanol–water partition coefficient (Wildman–Crippen LogP) is -0.150. The maximum atomic E-state index is 10.4. The van der Waals surface area contributed by atoms with E-state index in [4.69, 9.17) is 5.11 Å². The van der Waals surface area contributed by atoms with Crippen molar-refractivity contribution in [2.45, 2.75) is 25.9 Å². The van der Waals surface area contributed by atoms with Crippen molar-refractivity contribution in [3.8, 4) is 0 Å². The average Bonchev–Trinajstić information content (AvgIpc) is 2.20. The number of aliphatic hydroxyl groups is 1. The second-order valence-corrected chi connectivity index (χ2v) is 4.39. The van der Waals surface area contributed by atoms with Crippen molar-refractivity contribution in [2.75, 3.05) is 39.3 Å². The Morgan fingerprint density at radius 1 is 1.25 bits per heavy atom. The van der Waals surface area contributed by atoms with Crippen molar-refractivity contribution in [1.29, 1.82) is 0 Å². The van der Waals surface area contributed by atoms with E-state index in [2.05, 4.69) is 16.7 Å². The van der Waals surface area contributed by atoms with Crippen LogP contribution in [0.4, 0.5) is 0 Å². The number of hydrogen-bond donors (Lipinski definition) is 2. The number of carboxylic acids is 1. The van der Waals surface area contributed by atoms with E-state index in [1.807, 2.05) is 0 Å². The first-order valence-corrected chi connectivity index (χ1v) is 5.96. The van der Waals surface area contributed by atoms with E-state index in [-0.39, 0.29) is 6.42 Å². The second-order valence-electron chi connectivity index (χ2n) is 4.39. The van der Waals surface area contributed by atoms with E-state index in [1.54, 1.807) is 0 Å². The maximum absolute atomic E-state index is 10.4. The van der Waals surface area contributed by atoms with Crippen molar-refractivity contribution >= 4 is 5.97 Å². The largest absolute Gasteiger partial charge is 0.481 e. The molecule has 0 amide bonds.